The zero-order chi connectivity index (χ0) is 12.5. The molecule has 0 saturated carbocycles. The molecule has 0 amide bonds. The maximum atomic E-state index is 5.51. The van der Waals surface area contributed by atoms with Crippen molar-refractivity contribution in [2.24, 2.45) is 5.84 Å². The molecule has 96 valence electrons. The van der Waals surface area contributed by atoms with Gasteiger partial charge >= 0.3 is 0 Å². The summed E-state index contributed by atoms with van der Waals surface area (Å²) in [6.45, 7) is 5.68. The third-order valence-corrected chi connectivity index (χ3v) is 3.50. The van der Waals surface area contributed by atoms with E-state index in [2.05, 4.69) is 43.5 Å². The zero-order valence-corrected chi connectivity index (χ0v) is 11.4. The van der Waals surface area contributed by atoms with E-state index in [9.17, 15) is 0 Å². The van der Waals surface area contributed by atoms with E-state index in [0.29, 0.717) is 6.61 Å². The molecule has 4 heteroatoms. The first kappa shape index (κ1) is 14.5. The fraction of sp³-hybridized carbons (Fsp3) is 0.538. The van der Waals surface area contributed by atoms with Crippen molar-refractivity contribution in [3.8, 4) is 0 Å². The Morgan fingerprint density at radius 1 is 1.47 bits per heavy atom. The van der Waals surface area contributed by atoms with Crippen LogP contribution in [0.15, 0.2) is 29.2 Å². The second-order valence-electron chi connectivity index (χ2n) is 4.07. The van der Waals surface area contributed by atoms with Gasteiger partial charge in [0.25, 0.3) is 0 Å². The van der Waals surface area contributed by atoms with Gasteiger partial charge in [0.1, 0.15) is 0 Å². The molecule has 0 spiro atoms. The predicted octanol–water partition coefficient (Wildman–Crippen LogP) is 2.35. The van der Waals surface area contributed by atoms with E-state index >= 15 is 0 Å². The molecular formula is C13H22N2OS. The third-order valence-electron chi connectivity index (χ3n) is 2.34. The number of nitrogens with two attached hydrogens (primary N) is 1. The summed E-state index contributed by atoms with van der Waals surface area (Å²) >= 11 is 1.80. The Morgan fingerprint density at radius 2 is 2.29 bits per heavy atom. The van der Waals surface area contributed by atoms with Crippen LogP contribution in [0.3, 0.4) is 0 Å². The standard InChI is InChI=1S/C13H22N2OS/c1-3-7-16-9-12(15-14)10-17-13-6-4-5-11(2)8-13/h4-6,8,12,15H,3,7,9-10,14H2,1-2H3. The molecule has 0 heterocycles. The first-order valence-electron chi connectivity index (χ1n) is 5.99. The lowest BCUT2D eigenvalue weighted by molar-refractivity contribution is 0.117. The van der Waals surface area contributed by atoms with E-state index in [1.807, 2.05) is 0 Å². The first-order valence-corrected chi connectivity index (χ1v) is 6.98. The van der Waals surface area contributed by atoms with Crippen molar-refractivity contribution in [2.45, 2.75) is 31.2 Å². The molecule has 0 aromatic heterocycles. The van der Waals surface area contributed by atoms with Crippen LogP contribution in [0.25, 0.3) is 0 Å². The number of rotatable bonds is 8. The Labute approximate surface area is 108 Å². The summed E-state index contributed by atoms with van der Waals surface area (Å²) in [7, 11) is 0. The van der Waals surface area contributed by atoms with Gasteiger partial charge in [-0.05, 0) is 25.5 Å². The molecule has 0 aliphatic rings. The number of hydrazine groups is 1. The van der Waals surface area contributed by atoms with E-state index in [1.54, 1.807) is 11.8 Å². The molecule has 3 nitrogen and oxygen atoms in total. The van der Waals surface area contributed by atoms with Crippen molar-refractivity contribution in [3.05, 3.63) is 29.8 Å². The highest BCUT2D eigenvalue weighted by molar-refractivity contribution is 7.99. The largest absolute Gasteiger partial charge is 0.380 e. The van der Waals surface area contributed by atoms with E-state index in [0.717, 1.165) is 18.8 Å². The van der Waals surface area contributed by atoms with Gasteiger partial charge in [0.15, 0.2) is 0 Å². The van der Waals surface area contributed by atoms with E-state index in [1.165, 1.54) is 10.5 Å². The molecule has 1 aromatic rings. The van der Waals surface area contributed by atoms with Gasteiger partial charge < -0.3 is 4.74 Å². The molecule has 0 bridgehead atoms. The minimum absolute atomic E-state index is 0.201. The summed E-state index contributed by atoms with van der Waals surface area (Å²) in [5.41, 5.74) is 4.09. The highest BCUT2D eigenvalue weighted by Crippen LogP contribution is 2.19. The molecule has 0 aliphatic carbocycles. The Morgan fingerprint density at radius 3 is 2.94 bits per heavy atom. The Hall–Kier alpha value is -0.550. The Bertz CT molecular complexity index is 320. The highest BCUT2D eigenvalue weighted by atomic mass is 32.2. The fourth-order valence-electron chi connectivity index (χ4n) is 1.42. The van der Waals surface area contributed by atoms with Crippen molar-refractivity contribution >= 4 is 11.8 Å². The lowest BCUT2D eigenvalue weighted by Crippen LogP contribution is -2.40. The van der Waals surface area contributed by atoms with Gasteiger partial charge in [0.2, 0.25) is 0 Å². The number of thioether (sulfide) groups is 1. The minimum Gasteiger partial charge on any atom is -0.380 e. The number of benzene rings is 1. The first-order chi connectivity index (χ1) is 8.26. The lowest BCUT2D eigenvalue weighted by Gasteiger charge is -2.15. The van der Waals surface area contributed by atoms with Gasteiger partial charge in [0, 0.05) is 17.3 Å². The molecule has 0 saturated heterocycles. The summed E-state index contributed by atoms with van der Waals surface area (Å²) in [4.78, 5) is 1.28. The predicted molar refractivity (Wildman–Crippen MR) is 74.1 cm³/mol. The molecule has 0 fully saturated rings. The van der Waals surface area contributed by atoms with E-state index in [4.69, 9.17) is 10.6 Å². The lowest BCUT2D eigenvalue weighted by atomic mass is 10.2. The van der Waals surface area contributed by atoms with Gasteiger partial charge in [-0.25, -0.2) is 0 Å². The van der Waals surface area contributed by atoms with Crippen LogP contribution in [0.5, 0.6) is 0 Å². The molecular weight excluding hydrogens is 232 g/mol. The highest BCUT2D eigenvalue weighted by Gasteiger charge is 2.07. The molecule has 17 heavy (non-hydrogen) atoms. The van der Waals surface area contributed by atoms with E-state index in [-0.39, 0.29) is 6.04 Å². The SMILES string of the molecule is CCCOCC(CSc1cccc(C)c1)NN. The van der Waals surface area contributed by atoms with Gasteiger partial charge in [-0.2, -0.15) is 0 Å². The quantitative estimate of drug-likeness (QED) is 0.323. The normalized spacial score (nSPS) is 12.6. The summed E-state index contributed by atoms with van der Waals surface area (Å²) < 4.78 is 5.49. The molecule has 0 aliphatic heterocycles. The van der Waals surface area contributed by atoms with Crippen molar-refractivity contribution < 1.29 is 4.74 Å². The van der Waals surface area contributed by atoms with Gasteiger partial charge in [-0.1, -0.05) is 24.6 Å². The Balaban J connectivity index is 2.31. The van der Waals surface area contributed by atoms with Crippen LogP contribution in [0.1, 0.15) is 18.9 Å². The van der Waals surface area contributed by atoms with Crippen LogP contribution in [0.4, 0.5) is 0 Å². The molecule has 1 atom stereocenters. The smallest absolute Gasteiger partial charge is 0.0641 e. The number of hydrogen-bond acceptors (Lipinski definition) is 4. The molecule has 1 aromatic carbocycles. The van der Waals surface area contributed by atoms with Gasteiger partial charge in [0.05, 0.1) is 12.6 Å². The number of aryl methyl sites for hydroxylation is 1. The average Bonchev–Trinajstić information content (AvgIpc) is 2.34. The number of ether oxygens (including phenoxy) is 1. The number of hydrogen-bond donors (Lipinski definition) is 2. The fourth-order valence-corrected chi connectivity index (χ4v) is 2.45. The molecule has 1 rings (SSSR count). The molecule has 3 N–H and O–H groups in total. The van der Waals surface area contributed by atoms with Crippen LogP contribution in [-0.4, -0.2) is 25.0 Å². The summed E-state index contributed by atoms with van der Waals surface area (Å²) in [5.74, 6) is 6.43. The van der Waals surface area contributed by atoms with Crippen molar-refractivity contribution in [1.82, 2.24) is 5.43 Å². The van der Waals surface area contributed by atoms with Crippen LogP contribution in [0.2, 0.25) is 0 Å². The van der Waals surface area contributed by atoms with Crippen LogP contribution in [0, 0.1) is 6.92 Å². The van der Waals surface area contributed by atoms with E-state index < -0.39 is 0 Å². The van der Waals surface area contributed by atoms with Crippen LogP contribution >= 0.6 is 11.8 Å². The van der Waals surface area contributed by atoms with Gasteiger partial charge in [-0.15, -0.1) is 11.8 Å². The van der Waals surface area contributed by atoms with Crippen molar-refractivity contribution in [1.29, 1.82) is 0 Å². The molecule has 1 unspecified atom stereocenters. The molecule has 0 radical (unpaired) electrons. The third kappa shape index (κ3) is 6.07. The van der Waals surface area contributed by atoms with Crippen LogP contribution in [-0.2, 0) is 4.74 Å². The average molecular weight is 254 g/mol. The Kier molecular flexibility index (Phi) is 7.28. The minimum atomic E-state index is 0.201. The second-order valence-corrected chi connectivity index (χ2v) is 5.16. The maximum absolute atomic E-state index is 5.51. The maximum Gasteiger partial charge on any atom is 0.0641 e. The zero-order valence-electron chi connectivity index (χ0n) is 10.6. The monoisotopic (exact) mass is 254 g/mol. The second kappa shape index (κ2) is 8.53. The van der Waals surface area contributed by atoms with Crippen molar-refractivity contribution in [3.63, 3.8) is 0 Å². The number of nitrogens with one attached hydrogen (secondary N) is 1. The summed E-state index contributed by atoms with van der Waals surface area (Å²) in [6.07, 6.45) is 1.04. The summed E-state index contributed by atoms with van der Waals surface area (Å²) in [5, 5.41) is 0. The summed E-state index contributed by atoms with van der Waals surface area (Å²) in [6, 6.07) is 8.69. The van der Waals surface area contributed by atoms with Gasteiger partial charge in [-0.3, -0.25) is 11.3 Å². The van der Waals surface area contributed by atoms with Crippen molar-refractivity contribution in [2.75, 3.05) is 19.0 Å². The topological polar surface area (TPSA) is 47.3 Å². The van der Waals surface area contributed by atoms with Crippen LogP contribution < -0.4 is 11.3 Å².